The van der Waals surface area contributed by atoms with Gasteiger partial charge in [0.1, 0.15) is 0 Å². The third kappa shape index (κ3) is 3.84. The highest BCUT2D eigenvalue weighted by atomic mass is 32.2. The van der Waals surface area contributed by atoms with Crippen LogP contribution >= 0.6 is 11.3 Å². The van der Waals surface area contributed by atoms with Crippen molar-refractivity contribution in [2.24, 2.45) is 0 Å². The van der Waals surface area contributed by atoms with Gasteiger partial charge in [0.2, 0.25) is 10.0 Å². The maximum absolute atomic E-state index is 12.7. The number of thiazole rings is 1. The summed E-state index contributed by atoms with van der Waals surface area (Å²) in [7, 11) is -3.61. The van der Waals surface area contributed by atoms with Gasteiger partial charge >= 0.3 is 4.87 Å². The van der Waals surface area contributed by atoms with Crippen molar-refractivity contribution in [3.63, 3.8) is 0 Å². The topological polar surface area (TPSA) is 71.4 Å². The van der Waals surface area contributed by atoms with Crippen LogP contribution in [-0.4, -0.2) is 32.1 Å². The van der Waals surface area contributed by atoms with Gasteiger partial charge in [-0.15, -0.1) is 0 Å². The van der Waals surface area contributed by atoms with Gasteiger partial charge < -0.3 is 4.90 Å². The Labute approximate surface area is 174 Å². The second-order valence-electron chi connectivity index (χ2n) is 7.37. The number of aromatic nitrogens is 1. The molecule has 0 fully saturated rings. The number of anilines is 1. The molecule has 0 unspecified atom stereocenters. The summed E-state index contributed by atoms with van der Waals surface area (Å²) in [4.78, 5) is 14.5. The largest absolute Gasteiger partial charge is 0.368 e. The van der Waals surface area contributed by atoms with Gasteiger partial charge in [-0.3, -0.25) is 9.36 Å². The van der Waals surface area contributed by atoms with E-state index >= 15 is 0 Å². The van der Waals surface area contributed by atoms with E-state index in [2.05, 4.69) is 34.7 Å². The molecule has 0 saturated carbocycles. The Morgan fingerprint density at radius 2 is 2.00 bits per heavy atom. The molecule has 0 radical (unpaired) electrons. The fourth-order valence-corrected chi connectivity index (χ4v) is 6.19. The van der Waals surface area contributed by atoms with Crippen LogP contribution < -0.4 is 14.5 Å². The van der Waals surface area contributed by atoms with Gasteiger partial charge in [0, 0.05) is 31.4 Å². The molecule has 2 aromatic carbocycles. The maximum atomic E-state index is 12.7. The monoisotopic (exact) mass is 431 g/mol. The lowest BCUT2D eigenvalue weighted by Crippen LogP contribution is -2.33. The van der Waals surface area contributed by atoms with E-state index in [1.165, 1.54) is 11.3 Å². The molecule has 0 saturated heterocycles. The van der Waals surface area contributed by atoms with Gasteiger partial charge in [-0.1, -0.05) is 29.5 Å². The summed E-state index contributed by atoms with van der Waals surface area (Å²) in [5.74, 6) is 0. The van der Waals surface area contributed by atoms with Crippen molar-refractivity contribution in [3.8, 4) is 0 Å². The minimum Gasteiger partial charge on any atom is -0.368 e. The lowest BCUT2D eigenvalue weighted by molar-refractivity contribution is 0.576. The third-order valence-corrected chi connectivity index (χ3v) is 7.88. The Balaban J connectivity index is 1.41. The maximum Gasteiger partial charge on any atom is 0.308 e. The molecule has 0 amide bonds. The Bertz CT molecular complexity index is 1200. The van der Waals surface area contributed by atoms with E-state index in [0.29, 0.717) is 23.8 Å². The summed E-state index contributed by atoms with van der Waals surface area (Å²) >= 11 is 1.08. The van der Waals surface area contributed by atoms with E-state index < -0.39 is 10.0 Å². The van der Waals surface area contributed by atoms with Gasteiger partial charge in [0.15, 0.2) is 0 Å². The molecule has 1 atom stereocenters. The van der Waals surface area contributed by atoms with E-state index in [-0.39, 0.29) is 9.77 Å². The molecule has 4 rings (SSSR count). The smallest absolute Gasteiger partial charge is 0.308 e. The summed E-state index contributed by atoms with van der Waals surface area (Å²) in [6, 6.07) is 13.7. The number of hydrogen-bond acceptors (Lipinski definition) is 5. The number of benzene rings is 2. The molecule has 1 aliphatic heterocycles. The normalized spacial score (nSPS) is 16.5. The van der Waals surface area contributed by atoms with Crippen LogP contribution in [0, 0.1) is 0 Å². The fourth-order valence-electron chi connectivity index (χ4n) is 4.02. The minimum absolute atomic E-state index is 0.0648. The van der Waals surface area contributed by atoms with Crippen LogP contribution in [-0.2, 0) is 23.0 Å². The number of rotatable bonds is 7. The molecule has 3 aromatic rings. The first kappa shape index (κ1) is 20.1. The number of nitrogens with one attached hydrogen (secondary N) is 1. The predicted molar refractivity (Wildman–Crippen MR) is 119 cm³/mol. The summed E-state index contributed by atoms with van der Waals surface area (Å²) in [6.07, 6.45) is 1.75. The standard InChI is InChI=1S/C21H25N3O3S2/c1-3-23-19-10-9-17(14-20(19)28-21(23)25)29(26,27)22-11-6-12-24-15(2)13-16-7-4-5-8-18(16)24/h4-5,7-10,14-15,22H,3,6,11-13H2,1-2H3/t15-/m1/s1. The average molecular weight is 432 g/mol. The first-order valence-electron chi connectivity index (χ1n) is 9.88. The zero-order chi connectivity index (χ0) is 20.6. The van der Waals surface area contributed by atoms with Crippen LogP contribution in [0.4, 0.5) is 5.69 Å². The molecule has 2 heterocycles. The average Bonchev–Trinajstić information content (AvgIpc) is 3.19. The van der Waals surface area contributed by atoms with E-state index in [9.17, 15) is 13.2 Å². The van der Waals surface area contributed by atoms with Gasteiger partial charge in [-0.25, -0.2) is 13.1 Å². The third-order valence-electron chi connectivity index (χ3n) is 5.48. The first-order chi connectivity index (χ1) is 13.9. The molecule has 0 aliphatic carbocycles. The number of aryl methyl sites for hydroxylation is 1. The number of fused-ring (bicyclic) bond motifs is 2. The van der Waals surface area contributed by atoms with Crippen LogP contribution in [0.25, 0.3) is 10.2 Å². The summed E-state index contributed by atoms with van der Waals surface area (Å²) in [5.41, 5.74) is 3.39. The van der Waals surface area contributed by atoms with Crippen LogP contribution in [0.15, 0.2) is 52.2 Å². The molecule has 0 bridgehead atoms. The fraction of sp³-hybridized carbons (Fsp3) is 0.381. The van der Waals surface area contributed by atoms with Crippen LogP contribution in [0.5, 0.6) is 0 Å². The highest BCUT2D eigenvalue weighted by molar-refractivity contribution is 7.89. The molecular formula is C21H25N3O3S2. The zero-order valence-electron chi connectivity index (χ0n) is 16.6. The number of sulfonamides is 1. The van der Waals surface area contributed by atoms with Crippen LogP contribution in [0.1, 0.15) is 25.8 Å². The second kappa shape index (κ2) is 7.93. The number of nitrogens with zero attached hydrogens (tertiary/aromatic N) is 2. The van der Waals surface area contributed by atoms with Crippen molar-refractivity contribution < 1.29 is 8.42 Å². The van der Waals surface area contributed by atoms with Crippen molar-refractivity contribution in [2.45, 2.75) is 44.2 Å². The molecule has 154 valence electrons. The number of hydrogen-bond donors (Lipinski definition) is 1. The van der Waals surface area contributed by atoms with Gasteiger partial charge in [0.05, 0.1) is 15.1 Å². The number of para-hydroxylation sites is 1. The quantitative estimate of drug-likeness (QED) is 0.583. The Morgan fingerprint density at radius 1 is 1.21 bits per heavy atom. The Hall–Kier alpha value is -2.16. The summed E-state index contributed by atoms with van der Waals surface area (Å²) in [6.45, 7) is 5.85. The van der Waals surface area contributed by atoms with Gasteiger partial charge in [-0.2, -0.15) is 0 Å². The molecular weight excluding hydrogens is 406 g/mol. The zero-order valence-corrected chi connectivity index (χ0v) is 18.2. The predicted octanol–water partition coefficient (Wildman–Crippen LogP) is 3.20. The highest BCUT2D eigenvalue weighted by Gasteiger charge is 2.25. The van der Waals surface area contributed by atoms with Crippen molar-refractivity contribution in [1.29, 1.82) is 0 Å². The van der Waals surface area contributed by atoms with Crippen molar-refractivity contribution in [3.05, 3.63) is 57.7 Å². The molecule has 29 heavy (non-hydrogen) atoms. The van der Waals surface area contributed by atoms with Crippen LogP contribution in [0.2, 0.25) is 0 Å². The van der Waals surface area contributed by atoms with E-state index in [1.54, 1.807) is 22.8 Å². The van der Waals surface area contributed by atoms with E-state index in [4.69, 9.17) is 0 Å². The lowest BCUT2D eigenvalue weighted by Gasteiger charge is -2.24. The Kier molecular flexibility index (Phi) is 5.50. The Morgan fingerprint density at radius 3 is 2.79 bits per heavy atom. The molecule has 1 aliphatic rings. The lowest BCUT2D eigenvalue weighted by atomic mass is 10.1. The van der Waals surface area contributed by atoms with Crippen LogP contribution in [0.3, 0.4) is 0 Å². The van der Waals surface area contributed by atoms with Gasteiger partial charge in [0.25, 0.3) is 0 Å². The molecule has 1 aromatic heterocycles. The van der Waals surface area contributed by atoms with Crippen molar-refractivity contribution >= 4 is 37.3 Å². The van der Waals surface area contributed by atoms with Crippen molar-refractivity contribution in [1.82, 2.24) is 9.29 Å². The summed E-state index contributed by atoms with van der Waals surface area (Å²) < 4.78 is 30.4. The molecule has 0 spiro atoms. The highest BCUT2D eigenvalue weighted by Crippen LogP contribution is 2.31. The van der Waals surface area contributed by atoms with E-state index in [0.717, 1.165) is 36.2 Å². The summed E-state index contributed by atoms with van der Waals surface area (Å²) in [5, 5.41) is 0. The second-order valence-corrected chi connectivity index (χ2v) is 10.1. The molecule has 8 heteroatoms. The molecule has 1 N–H and O–H groups in total. The van der Waals surface area contributed by atoms with Gasteiger partial charge in [-0.05, 0) is 56.5 Å². The van der Waals surface area contributed by atoms with E-state index in [1.807, 2.05) is 13.0 Å². The molecule has 6 nitrogen and oxygen atoms in total. The van der Waals surface area contributed by atoms with Crippen molar-refractivity contribution in [2.75, 3.05) is 18.0 Å². The first-order valence-corrected chi connectivity index (χ1v) is 12.2. The minimum atomic E-state index is -3.61. The SMILES string of the molecule is CCn1c(=O)sc2cc(S(=O)(=O)NCCCN3c4ccccc4C[C@H]3C)ccc21.